The van der Waals surface area contributed by atoms with Gasteiger partial charge in [0.2, 0.25) is 15.9 Å². The van der Waals surface area contributed by atoms with Crippen LogP contribution in [0.2, 0.25) is 0 Å². The lowest BCUT2D eigenvalue weighted by atomic mass is 10.2. The van der Waals surface area contributed by atoms with Crippen LogP contribution in [0.25, 0.3) is 0 Å². The van der Waals surface area contributed by atoms with Gasteiger partial charge >= 0.3 is 0 Å². The van der Waals surface area contributed by atoms with E-state index in [0.717, 1.165) is 12.1 Å². The Hall–Kier alpha value is -2.85. The van der Waals surface area contributed by atoms with Crippen LogP contribution in [-0.4, -0.2) is 47.6 Å². The predicted molar refractivity (Wildman–Crippen MR) is 122 cm³/mol. The van der Waals surface area contributed by atoms with Crippen LogP contribution in [0.15, 0.2) is 59.8 Å². The first kappa shape index (κ1) is 21.4. The normalized spacial score (nSPS) is 13.3. The molecule has 2 heterocycles. The highest BCUT2D eigenvalue weighted by molar-refractivity contribution is 7.99. The number of thioether (sulfide) groups is 1. The van der Waals surface area contributed by atoms with Crippen molar-refractivity contribution in [2.45, 2.75) is 18.1 Å². The molecule has 8 nitrogen and oxygen atoms in total. The number of hydrogen-bond acceptors (Lipinski definition) is 6. The topological polar surface area (TPSA) is 88.4 Å². The van der Waals surface area contributed by atoms with Crippen LogP contribution in [0.4, 0.5) is 11.4 Å². The lowest BCUT2D eigenvalue weighted by Crippen LogP contribution is -2.31. The zero-order chi connectivity index (χ0) is 22.0. The molecule has 0 aliphatic carbocycles. The molecule has 2 aromatic carbocycles. The Balaban J connectivity index is 1.45. The number of sulfonamides is 1. The third-order valence-electron chi connectivity index (χ3n) is 5.17. The summed E-state index contributed by atoms with van der Waals surface area (Å²) in [7, 11) is -1.73. The summed E-state index contributed by atoms with van der Waals surface area (Å²) < 4.78 is 27.7. The number of nitrogens with zero attached hydrogens (tertiary/aromatic N) is 5. The largest absolute Gasteiger partial charge is 0.311 e. The van der Waals surface area contributed by atoms with E-state index in [1.807, 2.05) is 30.3 Å². The lowest BCUT2D eigenvalue weighted by molar-refractivity contribution is -0.116. The summed E-state index contributed by atoms with van der Waals surface area (Å²) >= 11 is 1.30. The zero-order valence-electron chi connectivity index (χ0n) is 17.3. The van der Waals surface area contributed by atoms with E-state index in [0.29, 0.717) is 23.2 Å². The molecule has 31 heavy (non-hydrogen) atoms. The van der Waals surface area contributed by atoms with Crippen LogP contribution in [0.1, 0.15) is 11.4 Å². The second kappa shape index (κ2) is 8.72. The van der Waals surface area contributed by atoms with Crippen LogP contribution in [0, 0.1) is 0 Å². The number of benzene rings is 2. The molecule has 0 saturated heterocycles. The van der Waals surface area contributed by atoms with Crippen molar-refractivity contribution in [3.63, 3.8) is 0 Å². The first-order valence-electron chi connectivity index (χ1n) is 9.76. The van der Waals surface area contributed by atoms with E-state index in [4.69, 9.17) is 0 Å². The number of amides is 1. The molecule has 1 amide bonds. The first-order valence-corrected chi connectivity index (χ1v) is 12.6. The molecule has 1 aliphatic rings. The van der Waals surface area contributed by atoms with Crippen LogP contribution in [0.5, 0.6) is 0 Å². The van der Waals surface area contributed by atoms with Gasteiger partial charge in [-0.2, -0.15) is 0 Å². The molecule has 3 aromatic rings. The highest BCUT2D eigenvalue weighted by atomic mass is 32.2. The molecule has 0 atom stereocenters. The van der Waals surface area contributed by atoms with Crippen LogP contribution in [-0.2, 0) is 34.8 Å². The SMILES string of the molecule is Cn1c(CN(c2ccccc2)S(C)(=O)=O)nnc1SCC(=O)N1CCc2ccccc21. The van der Waals surface area contributed by atoms with Gasteiger partial charge < -0.3 is 9.47 Å². The van der Waals surface area contributed by atoms with Gasteiger partial charge in [-0.3, -0.25) is 9.10 Å². The number of carbonyl (C=O) groups is 1. The van der Waals surface area contributed by atoms with Crippen molar-refractivity contribution < 1.29 is 13.2 Å². The average molecular weight is 458 g/mol. The van der Waals surface area contributed by atoms with Crippen molar-refractivity contribution in [3.8, 4) is 0 Å². The summed E-state index contributed by atoms with van der Waals surface area (Å²) in [4.78, 5) is 14.6. The lowest BCUT2D eigenvalue weighted by Gasteiger charge is -2.21. The van der Waals surface area contributed by atoms with Crippen molar-refractivity contribution in [2.75, 3.05) is 27.8 Å². The second-order valence-electron chi connectivity index (χ2n) is 7.28. The van der Waals surface area contributed by atoms with Gasteiger partial charge in [-0.15, -0.1) is 10.2 Å². The fraction of sp³-hybridized carbons (Fsp3) is 0.286. The monoisotopic (exact) mass is 457 g/mol. The molecule has 0 N–H and O–H groups in total. The summed E-state index contributed by atoms with van der Waals surface area (Å²) in [5.41, 5.74) is 2.71. The van der Waals surface area contributed by atoms with E-state index in [1.165, 1.54) is 27.9 Å². The highest BCUT2D eigenvalue weighted by Crippen LogP contribution is 2.29. The van der Waals surface area contributed by atoms with Gasteiger partial charge in [0.25, 0.3) is 0 Å². The van der Waals surface area contributed by atoms with E-state index in [2.05, 4.69) is 10.2 Å². The number of aromatic nitrogens is 3. The summed E-state index contributed by atoms with van der Waals surface area (Å²) in [6, 6.07) is 16.8. The van der Waals surface area contributed by atoms with E-state index in [9.17, 15) is 13.2 Å². The minimum absolute atomic E-state index is 0.0153. The standard InChI is InChI=1S/C21H23N5O3S2/c1-24-19(14-26(31(2,28)29)17-9-4-3-5-10-17)22-23-21(24)30-15-20(27)25-13-12-16-8-6-7-11-18(16)25/h3-11H,12-15H2,1-2H3. The Morgan fingerprint density at radius 2 is 1.81 bits per heavy atom. The maximum absolute atomic E-state index is 12.8. The highest BCUT2D eigenvalue weighted by Gasteiger charge is 2.25. The van der Waals surface area contributed by atoms with E-state index < -0.39 is 10.0 Å². The van der Waals surface area contributed by atoms with E-state index in [-0.39, 0.29) is 18.2 Å². The van der Waals surface area contributed by atoms with Crippen LogP contribution >= 0.6 is 11.8 Å². The quantitative estimate of drug-likeness (QED) is 0.507. The number of anilines is 2. The van der Waals surface area contributed by atoms with Crippen LogP contribution < -0.4 is 9.21 Å². The molecule has 0 spiro atoms. The summed E-state index contributed by atoms with van der Waals surface area (Å²) in [5.74, 6) is 0.742. The number of hydrogen-bond donors (Lipinski definition) is 0. The maximum atomic E-state index is 12.8. The smallest absolute Gasteiger partial charge is 0.237 e. The van der Waals surface area contributed by atoms with E-state index in [1.54, 1.807) is 40.8 Å². The molecule has 0 saturated carbocycles. The average Bonchev–Trinajstić information content (AvgIpc) is 3.34. The molecule has 1 aliphatic heterocycles. The van der Waals surface area contributed by atoms with Gasteiger partial charge in [0.15, 0.2) is 11.0 Å². The molecule has 0 bridgehead atoms. The Labute approximate surface area is 185 Å². The Bertz CT molecular complexity index is 1190. The van der Waals surface area contributed by atoms with Crippen molar-refractivity contribution >= 4 is 39.1 Å². The van der Waals surface area contributed by atoms with Gasteiger partial charge in [0, 0.05) is 19.3 Å². The van der Waals surface area contributed by atoms with Crippen molar-refractivity contribution in [3.05, 3.63) is 66.0 Å². The van der Waals surface area contributed by atoms with Gasteiger partial charge in [0.1, 0.15) is 0 Å². The van der Waals surface area contributed by atoms with Gasteiger partial charge in [-0.05, 0) is 30.2 Å². The summed E-state index contributed by atoms with van der Waals surface area (Å²) in [5, 5.41) is 8.91. The Kier molecular flexibility index (Phi) is 6.01. The van der Waals surface area contributed by atoms with Gasteiger partial charge in [0.05, 0.1) is 24.2 Å². The summed E-state index contributed by atoms with van der Waals surface area (Å²) in [6.45, 7) is 0.740. The third kappa shape index (κ3) is 4.59. The van der Waals surface area contributed by atoms with E-state index >= 15 is 0 Å². The predicted octanol–water partition coefficient (Wildman–Crippen LogP) is 2.46. The molecule has 10 heteroatoms. The van der Waals surface area contributed by atoms with Crippen molar-refractivity contribution in [2.24, 2.45) is 7.05 Å². The number of carbonyl (C=O) groups excluding carboxylic acids is 1. The zero-order valence-corrected chi connectivity index (χ0v) is 18.9. The second-order valence-corrected chi connectivity index (χ2v) is 10.1. The fourth-order valence-electron chi connectivity index (χ4n) is 3.53. The van der Waals surface area contributed by atoms with Gasteiger partial charge in [-0.1, -0.05) is 48.2 Å². The van der Waals surface area contributed by atoms with Crippen molar-refractivity contribution in [1.82, 2.24) is 14.8 Å². The molecule has 4 rings (SSSR count). The minimum atomic E-state index is -3.50. The van der Waals surface area contributed by atoms with Crippen molar-refractivity contribution in [1.29, 1.82) is 0 Å². The summed E-state index contributed by atoms with van der Waals surface area (Å²) in [6.07, 6.45) is 2.03. The molecular weight excluding hydrogens is 434 g/mol. The molecular formula is C21H23N5O3S2. The Morgan fingerprint density at radius 3 is 2.55 bits per heavy atom. The number of rotatable bonds is 7. The number of para-hydroxylation sites is 2. The molecule has 162 valence electrons. The van der Waals surface area contributed by atoms with Gasteiger partial charge in [-0.25, -0.2) is 8.42 Å². The van der Waals surface area contributed by atoms with Crippen LogP contribution in [0.3, 0.4) is 0 Å². The fourth-order valence-corrected chi connectivity index (χ4v) is 5.19. The molecule has 0 radical (unpaired) electrons. The molecule has 1 aromatic heterocycles. The maximum Gasteiger partial charge on any atom is 0.237 e. The Morgan fingerprint density at radius 1 is 1.10 bits per heavy atom. The number of fused-ring (bicyclic) bond motifs is 1. The minimum Gasteiger partial charge on any atom is -0.311 e. The third-order valence-corrected chi connectivity index (χ3v) is 7.31. The molecule has 0 fully saturated rings. The molecule has 0 unspecified atom stereocenters. The first-order chi connectivity index (χ1) is 14.8.